The Bertz CT molecular complexity index is 424. The van der Waals surface area contributed by atoms with Crippen LogP contribution < -0.4 is 5.56 Å². The van der Waals surface area contributed by atoms with Gasteiger partial charge in [0, 0.05) is 11.5 Å². The van der Waals surface area contributed by atoms with Crippen LogP contribution in [0.1, 0.15) is 33.4 Å². The van der Waals surface area contributed by atoms with E-state index in [2.05, 4.69) is 32.4 Å². The van der Waals surface area contributed by atoms with Gasteiger partial charge in [-0.15, -0.1) is 0 Å². The highest BCUT2D eigenvalue weighted by Crippen LogP contribution is 2.18. The van der Waals surface area contributed by atoms with Crippen molar-refractivity contribution in [2.75, 3.05) is 0 Å². The lowest BCUT2D eigenvalue weighted by atomic mass is 9.92. The summed E-state index contributed by atoms with van der Waals surface area (Å²) in [6.45, 7) is 12.4. The zero-order valence-corrected chi connectivity index (χ0v) is 9.87. The molecule has 1 aromatic heterocycles. The first-order valence-electron chi connectivity index (χ1n) is 5.04. The van der Waals surface area contributed by atoms with Gasteiger partial charge in [0.1, 0.15) is 0 Å². The molecule has 0 unspecified atom stereocenters. The van der Waals surface area contributed by atoms with Crippen LogP contribution in [0.15, 0.2) is 29.1 Å². The Kier molecular flexibility index (Phi) is 3.12. The van der Waals surface area contributed by atoms with Crippen LogP contribution in [-0.4, -0.2) is 9.78 Å². The van der Waals surface area contributed by atoms with Crippen molar-refractivity contribution in [2.45, 2.75) is 39.7 Å². The van der Waals surface area contributed by atoms with Crippen LogP contribution >= 0.6 is 0 Å². The molecule has 0 amide bonds. The number of rotatable bonds is 2. The molecule has 0 aliphatic carbocycles. The monoisotopic (exact) mass is 206 g/mol. The molecule has 0 bridgehead atoms. The van der Waals surface area contributed by atoms with Crippen LogP contribution in [-0.2, 0) is 12.0 Å². The number of allylic oxidation sites excluding steroid dienone is 1. The summed E-state index contributed by atoms with van der Waals surface area (Å²) in [4.78, 5) is 11.5. The first-order valence-corrected chi connectivity index (χ1v) is 5.04. The molecule has 3 nitrogen and oxygen atoms in total. The molecule has 1 heterocycles. The van der Waals surface area contributed by atoms with Crippen molar-refractivity contribution in [1.29, 1.82) is 0 Å². The third-order valence-corrected chi connectivity index (χ3v) is 2.05. The molecule has 0 saturated heterocycles. The Morgan fingerprint density at radius 3 is 2.53 bits per heavy atom. The van der Waals surface area contributed by atoms with E-state index in [1.54, 1.807) is 12.1 Å². The van der Waals surface area contributed by atoms with Gasteiger partial charge in [-0.25, -0.2) is 4.68 Å². The van der Waals surface area contributed by atoms with E-state index in [1.165, 1.54) is 4.68 Å². The molecule has 0 radical (unpaired) electrons. The molecular formula is C12H18N2O. The predicted octanol–water partition coefficient (Wildman–Crippen LogP) is 2.12. The molecule has 1 rings (SSSR count). The van der Waals surface area contributed by atoms with Crippen molar-refractivity contribution in [3.05, 3.63) is 40.3 Å². The zero-order chi connectivity index (χ0) is 11.6. The SMILES string of the molecule is C=C(C)Cn1nc(C(C)(C)C)ccc1=O. The van der Waals surface area contributed by atoms with E-state index in [-0.39, 0.29) is 11.0 Å². The molecule has 0 N–H and O–H groups in total. The van der Waals surface area contributed by atoms with Gasteiger partial charge in [-0.1, -0.05) is 32.9 Å². The van der Waals surface area contributed by atoms with Crippen molar-refractivity contribution >= 4 is 0 Å². The highest BCUT2D eigenvalue weighted by atomic mass is 16.1. The second-order valence-electron chi connectivity index (χ2n) is 4.92. The van der Waals surface area contributed by atoms with Gasteiger partial charge < -0.3 is 0 Å². The zero-order valence-electron chi connectivity index (χ0n) is 9.87. The molecule has 0 aliphatic rings. The summed E-state index contributed by atoms with van der Waals surface area (Å²) in [7, 11) is 0. The van der Waals surface area contributed by atoms with Gasteiger partial charge in [0.2, 0.25) is 0 Å². The molecule has 0 spiro atoms. The minimum atomic E-state index is -0.0778. The van der Waals surface area contributed by atoms with Crippen LogP contribution in [0.4, 0.5) is 0 Å². The average molecular weight is 206 g/mol. The molecule has 82 valence electrons. The van der Waals surface area contributed by atoms with E-state index in [9.17, 15) is 4.79 Å². The summed E-state index contributed by atoms with van der Waals surface area (Å²) >= 11 is 0. The first kappa shape index (κ1) is 11.7. The summed E-state index contributed by atoms with van der Waals surface area (Å²) < 4.78 is 1.46. The van der Waals surface area contributed by atoms with Crippen molar-refractivity contribution in [3.63, 3.8) is 0 Å². The van der Waals surface area contributed by atoms with Gasteiger partial charge in [0.25, 0.3) is 5.56 Å². The second kappa shape index (κ2) is 4.01. The lowest BCUT2D eigenvalue weighted by molar-refractivity contribution is 0.516. The van der Waals surface area contributed by atoms with Gasteiger partial charge in [-0.05, 0) is 13.0 Å². The Hall–Kier alpha value is -1.38. The van der Waals surface area contributed by atoms with Crippen LogP contribution in [0, 0.1) is 0 Å². The summed E-state index contributed by atoms with van der Waals surface area (Å²) in [5.74, 6) is 0. The molecule has 15 heavy (non-hydrogen) atoms. The minimum Gasteiger partial charge on any atom is -0.268 e. The van der Waals surface area contributed by atoms with Gasteiger partial charge >= 0.3 is 0 Å². The molecule has 3 heteroatoms. The van der Waals surface area contributed by atoms with Crippen molar-refractivity contribution in [3.8, 4) is 0 Å². The third kappa shape index (κ3) is 3.05. The Balaban J connectivity index is 3.17. The smallest absolute Gasteiger partial charge is 0.267 e. The Morgan fingerprint density at radius 1 is 1.47 bits per heavy atom. The molecule has 0 aliphatic heterocycles. The summed E-state index contributed by atoms with van der Waals surface area (Å²) in [5.41, 5.74) is 1.73. The molecule has 0 saturated carbocycles. The number of aromatic nitrogens is 2. The van der Waals surface area contributed by atoms with E-state index in [0.29, 0.717) is 6.54 Å². The quantitative estimate of drug-likeness (QED) is 0.695. The standard InChI is InChI=1S/C12H18N2O/c1-9(2)8-14-11(15)7-6-10(13-14)12(3,4)5/h6-7H,1,8H2,2-5H3. The normalized spacial score (nSPS) is 11.5. The summed E-state index contributed by atoms with van der Waals surface area (Å²) in [5, 5.41) is 4.33. The van der Waals surface area contributed by atoms with Crippen molar-refractivity contribution in [2.24, 2.45) is 0 Å². The number of hydrogen-bond acceptors (Lipinski definition) is 2. The maximum Gasteiger partial charge on any atom is 0.267 e. The van der Waals surface area contributed by atoms with Crippen LogP contribution in [0.5, 0.6) is 0 Å². The Labute approximate surface area is 90.4 Å². The lowest BCUT2D eigenvalue weighted by Gasteiger charge is -2.18. The first-order chi connectivity index (χ1) is 6.80. The molecule has 0 aromatic carbocycles. The van der Waals surface area contributed by atoms with E-state index >= 15 is 0 Å². The fourth-order valence-corrected chi connectivity index (χ4v) is 1.22. The van der Waals surface area contributed by atoms with Gasteiger partial charge in [-0.3, -0.25) is 4.79 Å². The third-order valence-electron chi connectivity index (χ3n) is 2.05. The average Bonchev–Trinajstić information content (AvgIpc) is 2.06. The van der Waals surface area contributed by atoms with E-state index in [0.717, 1.165) is 11.3 Å². The van der Waals surface area contributed by atoms with Crippen LogP contribution in [0.2, 0.25) is 0 Å². The highest BCUT2D eigenvalue weighted by Gasteiger charge is 2.16. The van der Waals surface area contributed by atoms with Crippen molar-refractivity contribution in [1.82, 2.24) is 9.78 Å². The fourth-order valence-electron chi connectivity index (χ4n) is 1.22. The topological polar surface area (TPSA) is 34.9 Å². The molecule has 1 aromatic rings. The predicted molar refractivity (Wildman–Crippen MR) is 62.0 cm³/mol. The van der Waals surface area contributed by atoms with Gasteiger partial charge in [0.15, 0.2) is 0 Å². The highest BCUT2D eigenvalue weighted by molar-refractivity contribution is 5.11. The Morgan fingerprint density at radius 2 is 2.07 bits per heavy atom. The number of nitrogens with zero attached hydrogens (tertiary/aromatic N) is 2. The van der Waals surface area contributed by atoms with Crippen LogP contribution in [0.25, 0.3) is 0 Å². The fraction of sp³-hybridized carbons (Fsp3) is 0.500. The maximum atomic E-state index is 11.5. The molecule has 0 atom stereocenters. The second-order valence-corrected chi connectivity index (χ2v) is 4.92. The van der Waals surface area contributed by atoms with E-state index < -0.39 is 0 Å². The van der Waals surface area contributed by atoms with Gasteiger partial charge in [-0.2, -0.15) is 5.10 Å². The summed E-state index contributed by atoms with van der Waals surface area (Å²) in [6, 6.07) is 3.35. The summed E-state index contributed by atoms with van der Waals surface area (Å²) in [6.07, 6.45) is 0. The van der Waals surface area contributed by atoms with Crippen LogP contribution in [0.3, 0.4) is 0 Å². The van der Waals surface area contributed by atoms with E-state index in [4.69, 9.17) is 0 Å². The largest absolute Gasteiger partial charge is 0.268 e. The molecule has 0 fully saturated rings. The lowest BCUT2D eigenvalue weighted by Crippen LogP contribution is -2.27. The minimum absolute atomic E-state index is 0.0372. The molecular weight excluding hydrogens is 188 g/mol. The number of hydrogen-bond donors (Lipinski definition) is 0. The van der Waals surface area contributed by atoms with E-state index in [1.807, 2.05) is 6.92 Å². The van der Waals surface area contributed by atoms with Crippen molar-refractivity contribution < 1.29 is 0 Å². The van der Waals surface area contributed by atoms with Gasteiger partial charge in [0.05, 0.1) is 12.2 Å². The maximum absolute atomic E-state index is 11.5.